The molecule has 21 heavy (non-hydrogen) atoms. The second-order valence-electron chi connectivity index (χ2n) is 5.06. The molecule has 1 saturated heterocycles. The molecule has 2 atom stereocenters. The number of carbonyl (C=O) groups excluding carboxylic acids is 1. The molecule has 0 saturated carbocycles. The van der Waals surface area contributed by atoms with Crippen molar-refractivity contribution in [1.29, 1.82) is 0 Å². The first-order chi connectivity index (χ1) is 10.0. The molecule has 0 aliphatic carbocycles. The third-order valence-corrected chi connectivity index (χ3v) is 4.99. The fourth-order valence-electron chi connectivity index (χ4n) is 2.56. The van der Waals surface area contributed by atoms with Crippen LogP contribution < -0.4 is 0 Å². The van der Waals surface area contributed by atoms with Crippen molar-refractivity contribution in [1.82, 2.24) is 10.1 Å². The summed E-state index contributed by atoms with van der Waals surface area (Å²) in [4.78, 5) is 25.8. The minimum absolute atomic E-state index is 0.0948. The van der Waals surface area contributed by atoms with E-state index in [2.05, 4.69) is 5.16 Å². The van der Waals surface area contributed by atoms with Crippen molar-refractivity contribution in [2.24, 2.45) is 0 Å². The highest BCUT2D eigenvalue weighted by atomic mass is 32.2. The van der Waals surface area contributed by atoms with Gasteiger partial charge in [-0.3, -0.25) is 4.79 Å². The highest BCUT2D eigenvalue weighted by Crippen LogP contribution is 2.34. The summed E-state index contributed by atoms with van der Waals surface area (Å²) in [5.41, 5.74) is 1.01. The van der Waals surface area contributed by atoms with Gasteiger partial charge in [0.05, 0.1) is 11.1 Å². The van der Waals surface area contributed by atoms with Gasteiger partial charge in [0.25, 0.3) is 5.91 Å². The van der Waals surface area contributed by atoms with E-state index in [1.165, 1.54) is 16.7 Å². The zero-order valence-electron chi connectivity index (χ0n) is 12.5. The molecule has 116 valence electrons. The van der Waals surface area contributed by atoms with Gasteiger partial charge in [0.2, 0.25) is 0 Å². The van der Waals surface area contributed by atoms with Crippen molar-refractivity contribution in [3.05, 3.63) is 17.0 Å². The van der Waals surface area contributed by atoms with Crippen LogP contribution in [0, 0.1) is 6.92 Å². The Morgan fingerprint density at radius 2 is 2.19 bits per heavy atom. The van der Waals surface area contributed by atoms with Gasteiger partial charge in [0.1, 0.15) is 17.4 Å². The Bertz CT molecular complexity index is 543. The molecular formula is C14H20N2O4S. The van der Waals surface area contributed by atoms with Crippen molar-refractivity contribution >= 4 is 23.6 Å². The third-order valence-electron chi connectivity index (χ3n) is 3.63. The van der Waals surface area contributed by atoms with E-state index in [1.54, 1.807) is 6.92 Å². The first-order valence-electron chi connectivity index (χ1n) is 7.13. The highest BCUT2D eigenvalue weighted by Gasteiger charge is 2.42. The lowest BCUT2D eigenvalue weighted by molar-refractivity contribution is -0.141. The fourth-order valence-corrected chi connectivity index (χ4v) is 4.07. The number of rotatable bonds is 5. The van der Waals surface area contributed by atoms with Crippen LogP contribution in [0.25, 0.3) is 0 Å². The van der Waals surface area contributed by atoms with Gasteiger partial charge in [-0.2, -0.15) is 0 Å². The van der Waals surface area contributed by atoms with E-state index in [-0.39, 0.29) is 11.3 Å². The van der Waals surface area contributed by atoms with Crippen molar-refractivity contribution in [2.75, 3.05) is 5.75 Å². The van der Waals surface area contributed by atoms with E-state index >= 15 is 0 Å². The molecule has 1 fully saturated rings. The number of hydrogen-bond donors (Lipinski definition) is 1. The van der Waals surface area contributed by atoms with Gasteiger partial charge in [-0.05, 0) is 19.8 Å². The number of carboxylic acids is 1. The average molecular weight is 312 g/mol. The zero-order valence-corrected chi connectivity index (χ0v) is 13.3. The molecule has 1 aromatic rings. The summed E-state index contributed by atoms with van der Waals surface area (Å²) in [5, 5.41) is 13.2. The predicted octanol–water partition coefficient (Wildman–Crippen LogP) is 2.31. The number of carboxylic acid groups (broad SMARTS) is 1. The maximum atomic E-state index is 12.9. The molecule has 2 unspecified atom stereocenters. The third kappa shape index (κ3) is 2.92. The van der Waals surface area contributed by atoms with Gasteiger partial charge in [-0.1, -0.05) is 25.4 Å². The second-order valence-corrected chi connectivity index (χ2v) is 6.27. The van der Waals surface area contributed by atoms with Crippen molar-refractivity contribution in [3.8, 4) is 0 Å². The van der Waals surface area contributed by atoms with Gasteiger partial charge in [-0.15, -0.1) is 11.8 Å². The molecule has 2 heterocycles. The molecule has 1 aromatic heterocycles. The number of aryl methyl sites for hydroxylation is 2. The molecule has 2 rings (SSSR count). The monoisotopic (exact) mass is 312 g/mol. The summed E-state index contributed by atoms with van der Waals surface area (Å²) in [6.45, 7) is 5.61. The summed E-state index contributed by atoms with van der Waals surface area (Å²) >= 11 is 1.53. The van der Waals surface area contributed by atoms with Crippen LogP contribution in [0.15, 0.2) is 4.52 Å². The summed E-state index contributed by atoms with van der Waals surface area (Å²) in [6.07, 6.45) is 2.26. The van der Waals surface area contributed by atoms with Crippen LogP contribution in [0.2, 0.25) is 0 Å². The van der Waals surface area contributed by atoms with E-state index in [4.69, 9.17) is 4.52 Å². The number of carbonyl (C=O) groups is 2. The van der Waals surface area contributed by atoms with Crippen molar-refractivity contribution in [2.45, 2.75) is 51.4 Å². The molecule has 0 spiro atoms. The number of thioether (sulfide) groups is 1. The molecule has 7 heteroatoms. The first-order valence-corrected chi connectivity index (χ1v) is 8.18. The van der Waals surface area contributed by atoms with Crippen LogP contribution in [0.5, 0.6) is 0 Å². The Labute approximate surface area is 127 Å². The van der Waals surface area contributed by atoms with Crippen LogP contribution >= 0.6 is 11.8 Å². The van der Waals surface area contributed by atoms with Crippen LogP contribution in [0.4, 0.5) is 0 Å². The Balaban J connectivity index is 2.36. The molecule has 1 N–H and O–H groups in total. The Hall–Kier alpha value is -1.50. The number of hydrogen-bond acceptors (Lipinski definition) is 5. The smallest absolute Gasteiger partial charge is 0.327 e. The van der Waals surface area contributed by atoms with Crippen LogP contribution in [0.3, 0.4) is 0 Å². The van der Waals surface area contributed by atoms with Gasteiger partial charge in [0, 0.05) is 5.75 Å². The molecule has 0 bridgehead atoms. The SMILES string of the molecule is CCCC1SCC(C(=O)O)N1C(=O)c1c(CC)noc1C. The number of aliphatic carboxylic acids is 1. The minimum Gasteiger partial charge on any atom is -0.480 e. The predicted molar refractivity (Wildman–Crippen MR) is 79.4 cm³/mol. The first kappa shape index (κ1) is 15.9. The standard InChI is InChI=1S/C14H20N2O4S/c1-4-6-11-16(10(7-21-11)14(18)19)13(17)12-8(3)20-15-9(12)5-2/h10-11H,4-7H2,1-3H3,(H,18,19). The van der Waals surface area contributed by atoms with E-state index in [0.29, 0.717) is 29.2 Å². The van der Waals surface area contributed by atoms with Crippen molar-refractivity contribution < 1.29 is 19.2 Å². The molecular weight excluding hydrogens is 292 g/mol. The van der Waals surface area contributed by atoms with Crippen LogP contribution in [-0.2, 0) is 11.2 Å². The Morgan fingerprint density at radius 3 is 2.76 bits per heavy atom. The lowest BCUT2D eigenvalue weighted by Gasteiger charge is -2.27. The molecule has 0 aromatic carbocycles. The van der Waals surface area contributed by atoms with E-state index in [1.807, 2.05) is 13.8 Å². The Morgan fingerprint density at radius 1 is 1.48 bits per heavy atom. The lowest BCUT2D eigenvalue weighted by atomic mass is 10.1. The number of aromatic nitrogens is 1. The summed E-state index contributed by atoms with van der Waals surface area (Å²) in [7, 11) is 0. The second kappa shape index (κ2) is 6.51. The minimum atomic E-state index is -0.957. The molecule has 0 radical (unpaired) electrons. The van der Waals surface area contributed by atoms with Crippen LogP contribution in [0.1, 0.15) is 48.5 Å². The van der Waals surface area contributed by atoms with Gasteiger partial charge < -0.3 is 14.5 Å². The van der Waals surface area contributed by atoms with Crippen LogP contribution in [-0.4, -0.2) is 44.2 Å². The highest BCUT2D eigenvalue weighted by molar-refractivity contribution is 8.00. The van der Waals surface area contributed by atoms with E-state index in [9.17, 15) is 14.7 Å². The molecule has 1 amide bonds. The fraction of sp³-hybridized carbons (Fsp3) is 0.643. The summed E-state index contributed by atoms with van der Waals surface area (Å²) < 4.78 is 5.11. The number of amides is 1. The van der Waals surface area contributed by atoms with Gasteiger partial charge in [0.15, 0.2) is 0 Å². The van der Waals surface area contributed by atoms with E-state index < -0.39 is 12.0 Å². The Kier molecular flexibility index (Phi) is 4.92. The normalized spacial score (nSPS) is 21.8. The molecule has 1 aliphatic rings. The van der Waals surface area contributed by atoms with Crippen molar-refractivity contribution in [3.63, 3.8) is 0 Å². The largest absolute Gasteiger partial charge is 0.480 e. The maximum Gasteiger partial charge on any atom is 0.327 e. The van der Waals surface area contributed by atoms with Gasteiger partial charge >= 0.3 is 5.97 Å². The summed E-state index contributed by atoms with van der Waals surface area (Å²) in [5.74, 6) is -0.353. The lowest BCUT2D eigenvalue weighted by Crippen LogP contribution is -2.46. The van der Waals surface area contributed by atoms with Gasteiger partial charge in [-0.25, -0.2) is 4.79 Å². The maximum absolute atomic E-state index is 12.9. The average Bonchev–Trinajstić information content (AvgIpc) is 3.02. The molecule has 6 nitrogen and oxygen atoms in total. The molecule has 1 aliphatic heterocycles. The quantitative estimate of drug-likeness (QED) is 0.898. The zero-order chi connectivity index (χ0) is 15.6. The number of nitrogens with zero attached hydrogens (tertiary/aromatic N) is 2. The van der Waals surface area contributed by atoms with E-state index in [0.717, 1.165) is 12.8 Å². The topological polar surface area (TPSA) is 83.6 Å². The summed E-state index contributed by atoms with van der Waals surface area (Å²) in [6, 6.07) is -0.780.